The largest absolute Gasteiger partial charge is 0.478 e. The maximum atomic E-state index is 11.7. The molecule has 162 valence electrons. The number of nitrogens with one attached hydrogen (secondary N) is 1. The number of carboxylic acid groups (broad SMARTS) is 1. The summed E-state index contributed by atoms with van der Waals surface area (Å²) in [7, 11) is 0. The van der Waals surface area contributed by atoms with Crippen LogP contribution in [0.25, 0.3) is 22.5 Å². The number of tetrazole rings is 1. The van der Waals surface area contributed by atoms with Crippen LogP contribution in [0.4, 0.5) is 5.82 Å². The molecule has 2 N–H and O–H groups in total. The van der Waals surface area contributed by atoms with Gasteiger partial charge in [-0.3, -0.25) is 0 Å². The number of hydrogen-bond donors (Lipinski definition) is 2. The summed E-state index contributed by atoms with van der Waals surface area (Å²) >= 11 is 5.86. The van der Waals surface area contributed by atoms with Crippen molar-refractivity contribution in [1.29, 1.82) is 0 Å². The van der Waals surface area contributed by atoms with Gasteiger partial charge in [-0.1, -0.05) is 67.1 Å². The molecule has 0 aliphatic heterocycles. The molecule has 9 nitrogen and oxygen atoms in total. The van der Waals surface area contributed by atoms with E-state index in [1.165, 1.54) is 6.07 Å². The number of H-pyrrole nitrogens is 1. The Hall–Kier alpha value is -3.85. The van der Waals surface area contributed by atoms with Gasteiger partial charge in [-0.15, -0.1) is 20.4 Å². The zero-order valence-electron chi connectivity index (χ0n) is 17.2. The molecular formula is C22H20ClN7O2. The highest BCUT2D eigenvalue weighted by molar-refractivity contribution is 6.29. The third-order valence-corrected chi connectivity index (χ3v) is 5.10. The van der Waals surface area contributed by atoms with Crippen molar-refractivity contribution in [2.75, 3.05) is 11.4 Å². The lowest BCUT2D eigenvalue weighted by Crippen LogP contribution is -2.27. The van der Waals surface area contributed by atoms with Crippen LogP contribution in [0.2, 0.25) is 5.15 Å². The average Bonchev–Trinajstić information content (AvgIpc) is 3.34. The molecule has 0 aliphatic rings. The first kappa shape index (κ1) is 21.4. The second-order valence-corrected chi connectivity index (χ2v) is 7.50. The maximum absolute atomic E-state index is 11.7. The Morgan fingerprint density at radius 1 is 1.06 bits per heavy atom. The Kier molecular flexibility index (Phi) is 6.37. The minimum Gasteiger partial charge on any atom is -0.478 e. The molecule has 0 bridgehead atoms. The summed E-state index contributed by atoms with van der Waals surface area (Å²) in [6, 6.07) is 17.2. The van der Waals surface area contributed by atoms with Crippen molar-refractivity contribution < 1.29 is 9.90 Å². The molecule has 0 spiro atoms. The third kappa shape index (κ3) is 4.57. The predicted octanol–water partition coefficient (Wildman–Crippen LogP) is 4.09. The van der Waals surface area contributed by atoms with E-state index in [-0.39, 0.29) is 10.7 Å². The van der Waals surface area contributed by atoms with Gasteiger partial charge in [0.15, 0.2) is 11.0 Å². The average molecular weight is 450 g/mol. The van der Waals surface area contributed by atoms with E-state index < -0.39 is 5.97 Å². The Bertz CT molecular complexity index is 1210. The van der Waals surface area contributed by atoms with E-state index in [1.54, 1.807) is 0 Å². The number of aromatic amines is 1. The summed E-state index contributed by atoms with van der Waals surface area (Å²) in [6.07, 6.45) is 0.819. The summed E-state index contributed by atoms with van der Waals surface area (Å²) in [5, 5.41) is 31.8. The minimum absolute atomic E-state index is 0.0316. The predicted molar refractivity (Wildman–Crippen MR) is 120 cm³/mol. The number of carboxylic acids is 1. The van der Waals surface area contributed by atoms with E-state index in [0.29, 0.717) is 24.7 Å². The standard InChI is InChI=1S/C22H20ClN7O2/c1-2-11-30(21-18(22(31)32)12-19(23)24-27-21)13-14-7-9-15(10-8-14)16-5-3-4-6-17(16)20-25-28-29-26-20/h3-10,12H,2,11,13H2,1H3,(H,31,32)(H,25,26,28,29). The Morgan fingerprint density at radius 3 is 2.47 bits per heavy atom. The topological polar surface area (TPSA) is 121 Å². The van der Waals surface area contributed by atoms with Gasteiger partial charge in [0.05, 0.1) is 0 Å². The van der Waals surface area contributed by atoms with Crippen molar-refractivity contribution in [3.63, 3.8) is 0 Å². The molecule has 4 rings (SSSR count). The van der Waals surface area contributed by atoms with E-state index in [4.69, 9.17) is 11.6 Å². The van der Waals surface area contributed by atoms with Crippen LogP contribution < -0.4 is 4.90 Å². The van der Waals surface area contributed by atoms with Gasteiger partial charge in [-0.2, -0.15) is 5.21 Å². The Morgan fingerprint density at radius 2 is 1.81 bits per heavy atom. The van der Waals surface area contributed by atoms with Gasteiger partial charge in [0, 0.05) is 18.7 Å². The first-order chi connectivity index (χ1) is 15.6. The monoisotopic (exact) mass is 449 g/mol. The molecule has 10 heteroatoms. The van der Waals surface area contributed by atoms with Gasteiger partial charge in [0.1, 0.15) is 5.56 Å². The highest BCUT2D eigenvalue weighted by Crippen LogP contribution is 2.30. The number of carbonyl (C=O) groups is 1. The molecule has 2 aromatic heterocycles. The molecule has 2 aromatic carbocycles. The quantitative estimate of drug-likeness (QED) is 0.412. The maximum Gasteiger partial charge on any atom is 0.339 e. The van der Waals surface area contributed by atoms with Crippen LogP contribution in [-0.4, -0.2) is 48.4 Å². The van der Waals surface area contributed by atoms with Gasteiger partial charge in [-0.05, 0) is 34.4 Å². The molecule has 0 amide bonds. The molecule has 0 radical (unpaired) electrons. The van der Waals surface area contributed by atoms with Gasteiger partial charge in [0.25, 0.3) is 0 Å². The van der Waals surface area contributed by atoms with Crippen molar-refractivity contribution in [1.82, 2.24) is 30.8 Å². The van der Waals surface area contributed by atoms with Crippen molar-refractivity contribution in [3.05, 3.63) is 70.9 Å². The Balaban J connectivity index is 1.62. The van der Waals surface area contributed by atoms with E-state index in [9.17, 15) is 9.90 Å². The summed E-state index contributed by atoms with van der Waals surface area (Å²) < 4.78 is 0. The molecule has 4 aromatic rings. The molecule has 2 heterocycles. The van der Waals surface area contributed by atoms with Gasteiger partial charge >= 0.3 is 5.97 Å². The summed E-state index contributed by atoms with van der Waals surface area (Å²) in [5.74, 6) is -0.261. The lowest BCUT2D eigenvalue weighted by Gasteiger charge is -2.24. The van der Waals surface area contributed by atoms with Gasteiger partial charge in [-0.25, -0.2) is 4.79 Å². The summed E-state index contributed by atoms with van der Waals surface area (Å²) in [6.45, 7) is 3.13. The summed E-state index contributed by atoms with van der Waals surface area (Å²) in [5.41, 5.74) is 3.91. The van der Waals surface area contributed by atoms with Crippen LogP contribution in [0.5, 0.6) is 0 Å². The van der Waals surface area contributed by atoms with Crippen LogP contribution in [0, 0.1) is 0 Å². The minimum atomic E-state index is -1.09. The second kappa shape index (κ2) is 9.52. The number of benzene rings is 2. The number of rotatable bonds is 8. The fourth-order valence-electron chi connectivity index (χ4n) is 3.50. The van der Waals surface area contributed by atoms with E-state index in [2.05, 4.69) is 30.8 Å². The fourth-order valence-corrected chi connectivity index (χ4v) is 3.64. The number of nitrogens with zero attached hydrogens (tertiary/aromatic N) is 6. The lowest BCUT2D eigenvalue weighted by molar-refractivity contribution is 0.0697. The first-order valence-electron chi connectivity index (χ1n) is 10.0. The second-order valence-electron chi connectivity index (χ2n) is 7.11. The molecule has 0 aliphatic carbocycles. The van der Waals surface area contributed by atoms with E-state index in [0.717, 1.165) is 28.7 Å². The van der Waals surface area contributed by atoms with E-state index in [1.807, 2.05) is 60.4 Å². The van der Waals surface area contributed by atoms with Crippen LogP contribution >= 0.6 is 11.6 Å². The van der Waals surface area contributed by atoms with Crippen molar-refractivity contribution >= 4 is 23.4 Å². The van der Waals surface area contributed by atoms with Crippen LogP contribution in [0.3, 0.4) is 0 Å². The Labute approximate surface area is 189 Å². The number of anilines is 1. The molecular weight excluding hydrogens is 430 g/mol. The molecule has 0 atom stereocenters. The van der Waals surface area contributed by atoms with E-state index >= 15 is 0 Å². The lowest BCUT2D eigenvalue weighted by atomic mass is 9.98. The summed E-state index contributed by atoms with van der Waals surface area (Å²) in [4.78, 5) is 13.6. The zero-order chi connectivity index (χ0) is 22.5. The number of hydrogen-bond acceptors (Lipinski definition) is 7. The third-order valence-electron chi connectivity index (χ3n) is 4.92. The van der Waals surface area contributed by atoms with Crippen LogP contribution in [0.15, 0.2) is 54.6 Å². The normalized spacial score (nSPS) is 10.8. The number of aromatic nitrogens is 6. The zero-order valence-corrected chi connectivity index (χ0v) is 18.0. The fraction of sp³-hybridized carbons (Fsp3) is 0.182. The molecule has 0 saturated heterocycles. The smallest absolute Gasteiger partial charge is 0.339 e. The SMILES string of the molecule is CCCN(Cc1ccc(-c2ccccc2-c2nn[nH]n2)cc1)c1nnc(Cl)cc1C(=O)O. The molecule has 0 unspecified atom stereocenters. The highest BCUT2D eigenvalue weighted by atomic mass is 35.5. The molecule has 32 heavy (non-hydrogen) atoms. The van der Waals surface area contributed by atoms with Crippen molar-refractivity contribution in [2.24, 2.45) is 0 Å². The molecule has 0 saturated carbocycles. The van der Waals surface area contributed by atoms with Gasteiger partial charge in [0.2, 0.25) is 5.82 Å². The van der Waals surface area contributed by atoms with Crippen LogP contribution in [0.1, 0.15) is 29.3 Å². The van der Waals surface area contributed by atoms with Gasteiger partial charge < -0.3 is 10.0 Å². The van der Waals surface area contributed by atoms with Crippen molar-refractivity contribution in [2.45, 2.75) is 19.9 Å². The highest BCUT2D eigenvalue weighted by Gasteiger charge is 2.19. The number of halogens is 1. The first-order valence-corrected chi connectivity index (χ1v) is 10.4. The van der Waals surface area contributed by atoms with Crippen molar-refractivity contribution in [3.8, 4) is 22.5 Å². The number of aromatic carboxylic acids is 1. The van der Waals surface area contributed by atoms with Crippen LogP contribution in [-0.2, 0) is 6.54 Å². The molecule has 0 fully saturated rings.